The minimum absolute atomic E-state index is 0.219. The molecule has 1 heterocycles. The zero-order chi connectivity index (χ0) is 17.5. The van der Waals surface area contributed by atoms with Gasteiger partial charge in [0.15, 0.2) is 0 Å². The third kappa shape index (κ3) is 10.2. The standard InChI is InChI=1S/C21H40N2O/c1-3-4-5-6-7-8-9-10-11-12-13-14-15-16-17-21-22-18-19-23(21)20(2)24/h3,18,20-21,24H,1,4-17,19H2,2H3. The fourth-order valence-electron chi connectivity index (χ4n) is 3.50. The maximum Gasteiger partial charge on any atom is 0.106 e. The van der Waals surface area contributed by atoms with Gasteiger partial charge < -0.3 is 5.11 Å². The molecule has 0 amide bonds. The third-order valence-electron chi connectivity index (χ3n) is 5.05. The number of aliphatic imine (C=N–C) groups is 1. The van der Waals surface area contributed by atoms with E-state index in [0.29, 0.717) is 0 Å². The van der Waals surface area contributed by atoms with Crippen molar-refractivity contribution in [3.8, 4) is 0 Å². The molecule has 3 heteroatoms. The van der Waals surface area contributed by atoms with Gasteiger partial charge in [-0.2, -0.15) is 0 Å². The molecular formula is C21H40N2O. The summed E-state index contributed by atoms with van der Waals surface area (Å²) >= 11 is 0. The smallest absolute Gasteiger partial charge is 0.106 e. The summed E-state index contributed by atoms with van der Waals surface area (Å²) in [6, 6.07) is 0. The first-order valence-electron chi connectivity index (χ1n) is 10.3. The molecule has 2 atom stereocenters. The van der Waals surface area contributed by atoms with E-state index in [1.54, 1.807) is 0 Å². The van der Waals surface area contributed by atoms with Crippen molar-refractivity contribution in [2.45, 2.75) is 109 Å². The van der Waals surface area contributed by atoms with Gasteiger partial charge in [-0.15, -0.1) is 6.58 Å². The Labute approximate surface area is 150 Å². The highest BCUT2D eigenvalue weighted by molar-refractivity contribution is 5.62. The average molecular weight is 337 g/mol. The second-order valence-corrected chi connectivity index (χ2v) is 7.25. The van der Waals surface area contributed by atoms with E-state index in [2.05, 4.69) is 16.5 Å². The molecule has 0 aliphatic carbocycles. The predicted molar refractivity (Wildman–Crippen MR) is 106 cm³/mol. The molecule has 0 fully saturated rings. The number of hydrogen-bond donors (Lipinski definition) is 1. The van der Waals surface area contributed by atoms with E-state index < -0.39 is 0 Å². The van der Waals surface area contributed by atoms with Crippen LogP contribution >= 0.6 is 0 Å². The van der Waals surface area contributed by atoms with E-state index in [1.807, 2.05) is 19.2 Å². The summed E-state index contributed by atoms with van der Waals surface area (Å²) in [6.45, 7) is 6.41. The van der Waals surface area contributed by atoms with E-state index in [9.17, 15) is 5.11 Å². The van der Waals surface area contributed by atoms with Crippen molar-refractivity contribution in [1.82, 2.24) is 4.90 Å². The molecule has 0 aromatic carbocycles. The van der Waals surface area contributed by atoms with Gasteiger partial charge in [-0.1, -0.05) is 70.3 Å². The Balaban J connectivity index is 1.79. The minimum atomic E-state index is -0.375. The van der Waals surface area contributed by atoms with E-state index in [1.165, 1.54) is 83.5 Å². The van der Waals surface area contributed by atoms with Gasteiger partial charge in [-0.25, -0.2) is 0 Å². The van der Waals surface area contributed by atoms with Crippen LogP contribution in [0.1, 0.15) is 96.8 Å². The molecule has 3 nitrogen and oxygen atoms in total. The lowest BCUT2D eigenvalue weighted by molar-refractivity contribution is 0.00710. The summed E-state index contributed by atoms with van der Waals surface area (Å²) in [5.74, 6) is 0. The van der Waals surface area contributed by atoms with Crippen LogP contribution in [0.15, 0.2) is 17.6 Å². The highest BCUT2D eigenvalue weighted by Gasteiger charge is 2.23. The summed E-state index contributed by atoms with van der Waals surface area (Å²) < 4.78 is 0. The van der Waals surface area contributed by atoms with Crippen LogP contribution in [-0.2, 0) is 0 Å². The van der Waals surface area contributed by atoms with Gasteiger partial charge in [0.2, 0.25) is 0 Å². The molecule has 0 aromatic rings. The summed E-state index contributed by atoms with van der Waals surface area (Å²) in [5.41, 5.74) is 0. The monoisotopic (exact) mass is 336 g/mol. The first-order valence-corrected chi connectivity index (χ1v) is 10.3. The minimum Gasteiger partial charge on any atom is -0.379 e. The van der Waals surface area contributed by atoms with Crippen LogP contribution < -0.4 is 0 Å². The molecule has 0 spiro atoms. The van der Waals surface area contributed by atoms with Crippen LogP contribution in [0.2, 0.25) is 0 Å². The summed E-state index contributed by atoms with van der Waals surface area (Å²) in [5, 5.41) is 9.68. The maximum absolute atomic E-state index is 9.68. The van der Waals surface area contributed by atoms with Gasteiger partial charge in [-0.3, -0.25) is 9.89 Å². The molecule has 2 unspecified atom stereocenters. The molecule has 0 radical (unpaired) electrons. The average Bonchev–Trinajstić information content (AvgIpc) is 3.04. The normalized spacial score (nSPS) is 19.0. The number of unbranched alkanes of at least 4 members (excludes halogenated alkanes) is 12. The van der Waals surface area contributed by atoms with Crippen molar-refractivity contribution in [2.75, 3.05) is 6.54 Å². The fourth-order valence-corrected chi connectivity index (χ4v) is 3.50. The van der Waals surface area contributed by atoms with Gasteiger partial charge >= 0.3 is 0 Å². The van der Waals surface area contributed by atoms with Crippen LogP contribution in [0.4, 0.5) is 0 Å². The Bertz CT molecular complexity index is 328. The Kier molecular flexibility index (Phi) is 13.1. The van der Waals surface area contributed by atoms with Crippen LogP contribution in [0.25, 0.3) is 0 Å². The second-order valence-electron chi connectivity index (χ2n) is 7.25. The molecule has 1 rings (SSSR count). The van der Waals surface area contributed by atoms with Crippen molar-refractivity contribution in [2.24, 2.45) is 4.99 Å². The van der Waals surface area contributed by atoms with Gasteiger partial charge in [0.05, 0.1) is 0 Å². The van der Waals surface area contributed by atoms with Crippen LogP contribution in [-0.4, -0.2) is 35.2 Å². The molecule has 1 aliphatic rings. The van der Waals surface area contributed by atoms with Crippen molar-refractivity contribution >= 4 is 6.21 Å². The van der Waals surface area contributed by atoms with Gasteiger partial charge in [0.25, 0.3) is 0 Å². The first kappa shape index (κ1) is 21.4. The zero-order valence-electron chi connectivity index (χ0n) is 16.0. The highest BCUT2D eigenvalue weighted by Crippen LogP contribution is 2.18. The summed E-state index contributed by atoms with van der Waals surface area (Å²) in [4.78, 5) is 6.54. The Hall–Kier alpha value is -0.670. The largest absolute Gasteiger partial charge is 0.379 e. The van der Waals surface area contributed by atoms with Gasteiger partial charge in [0.1, 0.15) is 12.4 Å². The van der Waals surface area contributed by atoms with Crippen molar-refractivity contribution in [1.29, 1.82) is 0 Å². The molecule has 140 valence electrons. The zero-order valence-corrected chi connectivity index (χ0v) is 16.0. The SMILES string of the molecule is C=CCCCCCCCCCCCCCCC1N=CCN1C(C)O. The van der Waals surface area contributed by atoms with E-state index in [0.717, 1.165) is 13.0 Å². The lowest BCUT2D eigenvalue weighted by Crippen LogP contribution is -2.37. The van der Waals surface area contributed by atoms with Crippen LogP contribution in [0, 0.1) is 0 Å². The predicted octanol–water partition coefficient (Wildman–Crippen LogP) is 5.68. The highest BCUT2D eigenvalue weighted by atomic mass is 16.3. The Morgan fingerprint density at radius 2 is 1.50 bits per heavy atom. The number of hydrogen-bond acceptors (Lipinski definition) is 3. The first-order chi connectivity index (χ1) is 11.8. The molecule has 0 saturated carbocycles. The Morgan fingerprint density at radius 3 is 2.00 bits per heavy atom. The molecule has 0 saturated heterocycles. The molecular weight excluding hydrogens is 296 g/mol. The lowest BCUT2D eigenvalue weighted by atomic mass is 10.0. The molecule has 0 aromatic heterocycles. The second kappa shape index (κ2) is 14.7. The van der Waals surface area contributed by atoms with Crippen molar-refractivity contribution in [3.05, 3.63) is 12.7 Å². The number of aliphatic hydroxyl groups excluding tert-OH is 1. The molecule has 24 heavy (non-hydrogen) atoms. The quantitative estimate of drug-likeness (QED) is 0.290. The number of rotatable bonds is 16. The number of allylic oxidation sites excluding steroid dienone is 1. The fraction of sp³-hybridized carbons (Fsp3) is 0.857. The van der Waals surface area contributed by atoms with Crippen molar-refractivity contribution < 1.29 is 5.11 Å². The van der Waals surface area contributed by atoms with Crippen LogP contribution in [0.3, 0.4) is 0 Å². The van der Waals surface area contributed by atoms with Crippen molar-refractivity contribution in [3.63, 3.8) is 0 Å². The van der Waals surface area contributed by atoms with E-state index in [4.69, 9.17) is 0 Å². The summed E-state index contributed by atoms with van der Waals surface area (Å²) in [6.07, 6.45) is 22.5. The Morgan fingerprint density at radius 1 is 1.00 bits per heavy atom. The topological polar surface area (TPSA) is 35.8 Å². The number of aliphatic hydroxyl groups is 1. The van der Waals surface area contributed by atoms with E-state index in [-0.39, 0.29) is 12.4 Å². The molecule has 0 bridgehead atoms. The summed E-state index contributed by atoms with van der Waals surface area (Å²) in [7, 11) is 0. The van der Waals surface area contributed by atoms with Gasteiger partial charge in [-0.05, 0) is 32.6 Å². The molecule has 1 N–H and O–H groups in total. The molecule has 1 aliphatic heterocycles. The van der Waals surface area contributed by atoms with E-state index >= 15 is 0 Å². The number of nitrogens with zero attached hydrogens (tertiary/aromatic N) is 2. The third-order valence-corrected chi connectivity index (χ3v) is 5.05. The van der Waals surface area contributed by atoms with Gasteiger partial charge in [0, 0.05) is 12.8 Å². The maximum atomic E-state index is 9.68. The lowest BCUT2D eigenvalue weighted by Gasteiger charge is -2.25. The van der Waals surface area contributed by atoms with Crippen LogP contribution in [0.5, 0.6) is 0 Å².